The number of nitrogens with two attached hydrogens (primary N) is 1. The number of aromatic nitrogens is 3. The van der Waals surface area contributed by atoms with Crippen molar-refractivity contribution in [3.63, 3.8) is 0 Å². The molecule has 4 aromatic rings. The Morgan fingerprint density at radius 3 is 2.45 bits per heavy atom. The summed E-state index contributed by atoms with van der Waals surface area (Å²) in [7, 11) is 4.65. The summed E-state index contributed by atoms with van der Waals surface area (Å²) >= 11 is 0. The van der Waals surface area contributed by atoms with Gasteiger partial charge in [-0.2, -0.15) is 0 Å². The number of anilines is 2. The molecule has 0 fully saturated rings. The highest BCUT2D eigenvalue weighted by atomic mass is 16.5. The Morgan fingerprint density at radius 1 is 1.00 bits per heavy atom. The van der Waals surface area contributed by atoms with Crippen molar-refractivity contribution in [3.05, 3.63) is 60.6 Å². The Hall–Kier alpha value is -4.27. The molecule has 2 aromatic heterocycles. The van der Waals surface area contributed by atoms with Gasteiger partial charge in [0.05, 0.1) is 32.6 Å². The first-order valence-electron chi connectivity index (χ1n) is 9.35. The number of primary amides is 1. The van der Waals surface area contributed by atoms with Crippen LogP contribution in [0.3, 0.4) is 0 Å². The van der Waals surface area contributed by atoms with Gasteiger partial charge in [0.2, 0.25) is 0 Å². The van der Waals surface area contributed by atoms with Gasteiger partial charge in [-0.25, -0.2) is 9.97 Å². The first kappa shape index (κ1) is 20.0. The lowest BCUT2D eigenvalue weighted by Gasteiger charge is -2.13. The molecular weight excluding hydrogens is 398 g/mol. The van der Waals surface area contributed by atoms with Crippen molar-refractivity contribution >= 4 is 23.1 Å². The lowest BCUT2D eigenvalue weighted by molar-refractivity contribution is 0.0997. The molecule has 9 heteroatoms. The van der Waals surface area contributed by atoms with Crippen LogP contribution in [-0.4, -0.2) is 41.6 Å². The number of ether oxygens (including phenoxy) is 3. The van der Waals surface area contributed by atoms with Crippen LogP contribution < -0.4 is 25.3 Å². The summed E-state index contributed by atoms with van der Waals surface area (Å²) in [6.07, 6.45) is 5.33. The molecule has 0 atom stereocenters. The third-order valence-corrected chi connectivity index (χ3v) is 4.78. The number of fused-ring (bicyclic) bond motifs is 1. The van der Waals surface area contributed by atoms with Crippen molar-refractivity contribution < 1.29 is 19.0 Å². The van der Waals surface area contributed by atoms with Gasteiger partial charge in [-0.05, 0) is 30.3 Å². The van der Waals surface area contributed by atoms with E-state index in [1.165, 1.54) is 7.11 Å². The third kappa shape index (κ3) is 3.80. The van der Waals surface area contributed by atoms with E-state index in [0.29, 0.717) is 40.0 Å². The Bertz CT molecular complexity index is 1270. The first-order chi connectivity index (χ1) is 15.0. The first-order valence-corrected chi connectivity index (χ1v) is 9.35. The minimum Gasteiger partial charge on any atom is -0.496 e. The van der Waals surface area contributed by atoms with Crippen molar-refractivity contribution in [3.8, 4) is 28.5 Å². The van der Waals surface area contributed by atoms with Crippen molar-refractivity contribution in [2.45, 2.75) is 0 Å². The molecule has 0 spiro atoms. The van der Waals surface area contributed by atoms with Crippen molar-refractivity contribution in [2.24, 2.45) is 5.73 Å². The topological polar surface area (TPSA) is 113 Å². The highest BCUT2D eigenvalue weighted by molar-refractivity contribution is 5.97. The third-order valence-electron chi connectivity index (χ3n) is 4.78. The normalized spacial score (nSPS) is 10.7. The second-order valence-electron chi connectivity index (χ2n) is 6.61. The van der Waals surface area contributed by atoms with E-state index in [4.69, 9.17) is 24.9 Å². The second-order valence-corrected chi connectivity index (χ2v) is 6.61. The SMILES string of the molecule is COc1ccc(Nc2nc(-c3ccc(OC)c(C(N)=O)c3)cn3ccnc23)cc1OC. The maximum atomic E-state index is 11.8. The Labute approximate surface area is 178 Å². The molecule has 0 unspecified atom stereocenters. The summed E-state index contributed by atoms with van der Waals surface area (Å²) < 4.78 is 17.7. The molecule has 0 bridgehead atoms. The average Bonchev–Trinajstić information content (AvgIpc) is 3.27. The smallest absolute Gasteiger partial charge is 0.252 e. The fourth-order valence-electron chi connectivity index (χ4n) is 3.27. The summed E-state index contributed by atoms with van der Waals surface area (Å²) in [5.41, 5.74) is 8.51. The number of hydrogen-bond donors (Lipinski definition) is 2. The summed E-state index contributed by atoms with van der Waals surface area (Å²) in [5, 5.41) is 3.28. The fraction of sp³-hybridized carbons (Fsp3) is 0.136. The van der Waals surface area contributed by atoms with Gasteiger partial charge >= 0.3 is 0 Å². The Kier molecular flexibility index (Phi) is 5.31. The molecule has 0 aliphatic carbocycles. The van der Waals surface area contributed by atoms with Crippen LogP contribution in [0.2, 0.25) is 0 Å². The fourth-order valence-corrected chi connectivity index (χ4v) is 3.27. The lowest BCUT2D eigenvalue weighted by atomic mass is 10.1. The van der Waals surface area contributed by atoms with Crippen LogP contribution in [-0.2, 0) is 0 Å². The molecule has 0 aliphatic heterocycles. The number of carbonyl (C=O) groups excluding carboxylic acids is 1. The Morgan fingerprint density at radius 2 is 1.74 bits per heavy atom. The summed E-state index contributed by atoms with van der Waals surface area (Å²) in [4.78, 5) is 20.9. The zero-order chi connectivity index (χ0) is 22.0. The molecule has 9 nitrogen and oxygen atoms in total. The molecule has 31 heavy (non-hydrogen) atoms. The van der Waals surface area contributed by atoms with Gasteiger partial charge in [-0.15, -0.1) is 0 Å². The molecule has 2 heterocycles. The number of rotatable bonds is 7. The van der Waals surface area contributed by atoms with Crippen LogP contribution in [0.15, 0.2) is 55.0 Å². The molecule has 3 N–H and O–H groups in total. The quantitative estimate of drug-likeness (QED) is 0.473. The van der Waals surface area contributed by atoms with E-state index in [2.05, 4.69) is 10.3 Å². The number of methoxy groups -OCH3 is 3. The molecule has 0 radical (unpaired) electrons. The number of imidazole rings is 1. The van der Waals surface area contributed by atoms with Crippen LogP contribution in [0.5, 0.6) is 17.2 Å². The van der Waals surface area contributed by atoms with Crippen LogP contribution >= 0.6 is 0 Å². The van der Waals surface area contributed by atoms with Gasteiger partial charge in [0.1, 0.15) is 5.75 Å². The van der Waals surface area contributed by atoms with Crippen molar-refractivity contribution in [1.29, 1.82) is 0 Å². The number of nitrogens with zero attached hydrogens (tertiary/aromatic N) is 3. The average molecular weight is 419 g/mol. The van der Waals surface area contributed by atoms with Crippen molar-refractivity contribution in [2.75, 3.05) is 26.6 Å². The molecule has 0 aliphatic rings. The summed E-state index contributed by atoms with van der Waals surface area (Å²) in [6.45, 7) is 0. The van der Waals surface area contributed by atoms with Gasteiger partial charge in [-0.1, -0.05) is 0 Å². The van der Waals surface area contributed by atoms with E-state index in [1.54, 1.807) is 38.6 Å². The van der Waals surface area contributed by atoms with E-state index in [0.717, 1.165) is 5.69 Å². The largest absolute Gasteiger partial charge is 0.496 e. The van der Waals surface area contributed by atoms with E-state index in [9.17, 15) is 4.79 Å². The molecular formula is C22H21N5O4. The van der Waals surface area contributed by atoms with Gasteiger partial charge in [0.15, 0.2) is 23.0 Å². The van der Waals surface area contributed by atoms with Crippen LogP contribution in [0, 0.1) is 0 Å². The van der Waals surface area contributed by atoms with E-state index in [1.807, 2.05) is 35.0 Å². The van der Waals surface area contributed by atoms with Crippen LogP contribution in [0.25, 0.3) is 16.9 Å². The monoisotopic (exact) mass is 419 g/mol. The zero-order valence-electron chi connectivity index (χ0n) is 17.2. The molecule has 158 valence electrons. The molecule has 0 saturated heterocycles. The minimum absolute atomic E-state index is 0.280. The number of amides is 1. The van der Waals surface area contributed by atoms with E-state index >= 15 is 0 Å². The maximum absolute atomic E-state index is 11.8. The standard InChI is InChI=1S/C22H21N5O4/c1-29-17-6-4-13(10-15(17)20(23)28)16-12-27-9-8-24-22(27)21(26-16)25-14-5-7-18(30-2)19(11-14)31-3/h4-12H,1-3H3,(H2,23,28)(H,25,26). The predicted octanol–water partition coefficient (Wildman–Crippen LogP) is 3.26. The van der Waals surface area contributed by atoms with Gasteiger partial charge in [0.25, 0.3) is 5.91 Å². The lowest BCUT2D eigenvalue weighted by Crippen LogP contribution is -2.12. The van der Waals surface area contributed by atoms with E-state index < -0.39 is 5.91 Å². The molecule has 0 saturated carbocycles. The molecule has 4 rings (SSSR count). The van der Waals surface area contributed by atoms with E-state index in [-0.39, 0.29) is 5.56 Å². The maximum Gasteiger partial charge on any atom is 0.252 e. The number of hydrogen-bond acceptors (Lipinski definition) is 7. The van der Waals surface area contributed by atoms with Gasteiger partial charge < -0.3 is 29.7 Å². The van der Waals surface area contributed by atoms with Gasteiger partial charge in [-0.3, -0.25) is 4.79 Å². The number of benzene rings is 2. The summed E-state index contributed by atoms with van der Waals surface area (Å²) in [5.74, 6) is 1.57. The predicted molar refractivity (Wildman–Crippen MR) is 116 cm³/mol. The minimum atomic E-state index is -0.578. The summed E-state index contributed by atoms with van der Waals surface area (Å²) in [6, 6.07) is 10.6. The van der Waals surface area contributed by atoms with Crippen LogP contribution in [0.4, 0.5) is 11.5 Å². The molecule has 2 aromatic carbocycles. The number of carbonyl (C=O) groups is 1. The Balaban J connectivity index is 1.79. The highest BCUT2D eigenvalue weighted by Gasteiger charge is 2.15. The highest BCUT2D eigenvalue weighted by Crippen LogP contribution is 2.32. The second kappa shape index (κ2) is 8.23. The molecule has 1 amide bonds. The van der Waals surface area contributed by atoms with Crippen molar-refractivity contribution in [1.82, 2.24) is 14.4 Å². The number of nitrogens with one attached hydrogen (secondary N) is 1. The van der Waals surface area contributed by atoms with Gasteiger partial charge in [0, 0.05) is 35.9 Å². The van der Waals surface area contributed by atoms with Crippen LogP contribution in [0.1, 0.15) is 10.4 Å². The zero-order valence-corrected chi connectivity index (χ0v) is 17.2.